The number of aliphatic hydroxyl groups excluding tert-OH is 1. The van der Waals surface area contributed by atoms with Gasteiger partial charge in [0.1, 0.15) is 23.3 Å². The number of alkyl halides is 3. The third kappa shape index (κ3) is 5.04. The Morgan fingerprint density at radius 3 is 2.46 bits per heavy atom. The average Bonchev–Trinajstić information content (AvgIpc) is 3.35. The second kappa shape index (κ2) is 9.59. The van der Waals surface area contributed by atoms with Gasteiger partial charge in [-0.05, 0) is 12.8 Å². The average molecular weight is 518 g/mol. The fourth-order valence-electron chi connectivity index (χ4n) is 3.75. The summed E-state index contributed by atoms with van der Waals surface area (Å²) in [5, 5.41) is 18.1. The monoisotopic (exact) mass is 517 g/mol. The number of carbonyl (C=O) groups excluding carboxylic acids is 1. The topological polar surface area (TPSA) is 144 Å². The molecule has 0 radical (unpaired) electrons. The number of halogens is 3. The SMILES string of the molecule is C/C(N)=C(\Cc1sc2c(c1C(=O)N1C[C@H](O)CO1)c(=O)n(C)c(=O)n2CC(C)C)C(=N)C(F)(F)F. The van der Waals surface area contributed by atoms with Crippen molar-refractivity contribution in [1.82, 2.24) is 14.2 Å². The van der Waals surface area contributed by atoms with E-state index in [1.807, 2.05) is 13.8 Å². The van der Waals surface area contributed by atoms with E-state index in [-0.39, 0.29) is 52.0 Å². The third-order valence-electron chi connectivity index (χ3n) is 5.43. The van der Waals surface area contributed by atoms with Gasteiger partial charge >= 0.3 is 11.9 Å². The Kier molecular flexibility index (Phi) is 7.29. The lowest BCUT2D eigenvalue weighted by Crippen LogP contribution is -2.39. The first-order valence-corrected chi connectivity index (χ1v) is 11.5. The number of allylic oxidation sites excluding steroid dienone is 2. The lowest BCUT2D eigenvalue weighted by atomic mass is 10.0. The van der Waals surface area contributed by atoms with Gasteiger partial charge < -0.3 is 10.8 Å². The van der Waals surface area contributed by atoms with Crippen molar-refractivity contribution in [3.05, 3.63) is 42.5 Å². The normalized spacial score (nSPS) is 17.4. The number of β-amino-alcohol motifs (C(OH)–C–C–N with tert-alkyl or cyclic N) is 1. The Morgan fingerprint density at radius 2 is 1.97 bits per heavy atom. The van der Waals surface area contributed by atoms with Crippen LogP contribution < -0.4 is 17.0 Å². The maximum atomic E-state index is 13.4. The Bertz CT molecular complexity index is 1330. The van der Waals surface area contributed by atoms with E-state index in [0.29, 0.717) is 0 Å². The summed E-state index contributed by atoms with van der Waals surface area (Å²) in [5.41, 5.74) is 1.50. The summed E-state index contributed by atoms with van der Waals surface area (Å²) in [4.78, 5) is 44.8. The molecule has 0 unspecified atom stereocenters. The van der Waals surface area contributed by atoms with Crippen LogP contribution in [0.3, 0.4) is 0 Å². The molecular weight excluding hydrogens is 491 g/mol. The van der Waals surface area contributed by atoms with Crippen molar-refractivity contribution in [3.8, 4) is 0 Å². The van der Waals surface area contributed by atoms with E-state index in [9.17, 15) is 32.7 Å². The van der Waals surface area contributed by atoms with E-state index < -0.39 is 47.1 Å². The van der Waals surface area contributed by atoms with Gasteiger partial charge in [-0.25, -0.2) is 9.86 Å². The summed E-state index contributed by atoms with van der Waals surface area (Å²) in [6.45, 7) is 4.69. The summed E-state index contributed by atoms with van der Waals surface area (Å²) >= 11 is 0.822. The van der Waals surface area contributed by atoms with Gasteiger partial charge in [-0.1, -0.05) is 13.8 Å². The molecule has 0 aliphatic carbocycles. The molecule has 1 saturated heterocycles. The highest BCUT2D eigenvalue weighted by Crippen LogP contribution is 2.34. The molecule has 2 aromatic rings. The number of hydroxylamine groups is 2. The second-order valence-electron chi connectivity index (χ2n) is 8.76. The molecule has 0 bridgehead atoms. The van der Waals surface area contributed by atoms with Crippen molar-refractivity contribution in [2.75, 3.05) is 13.2 Å². The number of aliphatic hydroxyl groups is 1. The summed E-state index contributed by atoms with van der Waals surface area (Å²) in [5.74, 6) is -0.877. The van der Waals surface area contributed by atoms with E-state index in [2.05, 4.69) is 0 Å². The summed E-state index contributed by atoms with van der Waals surface area (Å²) in [6, 6.07) is 0. The van der Waals surface area contributed by atoms with Gasteiger partial charge in [0.05, 0.1) is 17.5 Å². The third-order valence-corrected chi connectivity index (χ3v) is 6.64. The van der Waals surface area contributed by atoms with Gasteiger partial charge in [0.25, 0.3) is 11.5 Å². The molecule has 3 rings (SSSR count). The van der Waals surface area contributed by atoms with Crippen molar-refractivity contribution in [1.29, 1.82) is 5.41 Å². The van der Waals surface area contributed by atoms with Gasteiger partial charge in [0.15, 0.2) is 0 Å². The van der Waals surface area contributed by atoms with Gasteiger partial charge in [-0.2, -0.15) is 13.2 Å². The highest BCUT2D eigenvalue weighted by atomic mass is 32.1. The number of fused-ring (bicyclic) bond motifs is 1. The number of nitrogens with one attached hydrogen (secondary N) is 1. The number of nitrogens with zero attached hydrogens (tertiary/aromatic N) is 3. The summed E-state index contributed by atoms with van der Waals surface area (Å²) in [6.07, 6.45) is -6.54. The minimum Gasteiger partial charge on any atom is -0.402 e. The van der Waals surface area contributed by atoms with Crippen LogP contribution in [0.2, 0.25) is 0 Å². The van der Waals surface area contributed by atoms with E-state index in [1.54, 1.807) is 0 Å². The zero-order chi connectivity index (χ0) is 26.4. The zero-order valence-corrected chi connectivity index (χ0v) is 20.3. The Morgan fingerprint density at radius 1 is 1.34 bits per heavy atom. The van der Waals surface area contributed by atoms with Crippen LogP contribution in [0.4, 0.5) is 13.2 Å². The quantitative estimate of drug-likeness (QED) is 0.496. The highest BCUT2D eigenvalue weighted by molar-refractivity contribution is 7.19. The van der Waals surface area contributed by atoms with E-state index >= 15 is 0 Å². The fourth-order valence-corrected chi connectivity index (χ4v) is 5.04. The Labute approximate surface area is 201 Å². The number of hydrogen-bond acceptors (Lipinski definition) is 8. The standard InChI is InChI=1S/C21H26F3N5O5S/c1-9(2)6-28-19-15(17(31)27(4)20(28)33)14(18(32)29-7-11(30)8-34-29)13(35-19)5-12(10(3)25)16(26)21(22,23)24/h9,11,26,30H,5-8,25H2,1-4H3/b12-10-,26-16?/t11-/m0/s1. The Balaban J connectivity index is 2.35. The van der Waals surface area contributed by atoms with Crippen LogP contribution in [0.1, 0.15) is 36.0 Å². The predicted molar refractivity (Wildman–Crippen MR) is 124 cm³/mol. The molecule has 1 aliphatic heterocycles. The van der Waals surface area contributed by atoms with Crippen LogP contribution in [0.25, 0.3) is 10.2 Å². The van der Waals surface area contributed by atoms with Gasteiger partial charge in [-0.3, -0.25) is 29.0 Å². The molecule has 0 saturated carbocycles. The number of aromatic nitrogens is 2. The molecule has 4 N–H and O–H groups in total. The molecule has 3 heterocycles. The zero-order valence-electron chi connectivity index (χ0n) is 19.5. The number of hydrogen-bond donors (Lipinski definition) is 3. The minimum absolute atomic E-state index is 0.0176. The fraction of sp³-hybridized carbons (Fsp3) is 0.524. The van der Waals surface area contributed by atoms with Gasteiger partial charge in [-0.15, -0.1) is 11.3 Å². The van der Waals surface area contributed by atoms with Crippen molar-refractivity contribution in [3.63, 3.8) is 0 Å². The molecule has 35 heavy (non-hydrogen) atoms. The first kappa shape index (κ1) is 26.6. The maximum Gasteiger partial charge on any atom is 0.433 e. The summed E-state index contributed by atoms with van der Waals surface area (Å²) < 4.78 is 42.2. The van der Waals surface area contributed by atoms with Crippen LogP contribution in [0.15, 0.2) is 20.9 Å². The van der Waals surface area contributed by atoms with Crippen molar-refractivity contribution in [2.24, 2.45) is 18.7 Å². The largest absolute Gasteiger partial charge is 0.433 e. The van der Waals surface area contributed by atoms with Crippen LogP contribution in [0, 0.1) is 11.3 Å². The van der Waals surface area contributed by atoms with Crippen LogP contribution in [-0.4, -0.2) is 56.4 Å². The molecule has 1 atom stereocenters. The number of rotatable bonds is 6. The second-order valence-corrected chi connectivity index (χ2v) is 9.84. The number of nitrogens with two attached hydrogens (primary N) is 1. The smallest absolute Gasteiger partial charge is 0.402 e. The van der Waals surface area contributed by atoms with E-state index in [1.165, 1.54) is 18.5 Å². The molecule has 1 aliphatic rings. The predicted octanol–water partition coefficient (Wildman–Crippen LogP) is 1.52. The maximum absolute atomic E-state index is 13.4. The summed E-state index contributed by atoms with van der Waals surface area (Å²) in [7, 11) is 1.25. The van der Waals surface area contributed by atoms with Crippen molar-refractivity contribution >= 4 is 33.2 Å². The molecule has 1 amide bonds. The molecule has 14 heteroatoms. The minimum atomic E-state index is -4.99. The first-order valence-electron chi connectivity index (χ1n) is 10.6. The molecule has 2 aromatic heterocycles. The lowest BCUT2D eigenvalue weighted by molar-refractivity contribution is -0.0778. The highest BCUT2D eigenvalue weighted by Gasteiger charge is 2.39. The van der Waals surface area contributed by atoms with E-state index in [0.717, 1.165) is 21.0 Å². The Hall–Kier alpha value is -2.97. The lowest BCUT2D eigenvalue weighted by Gasteiger charge is -2.17. The van der Waals surface area contributed by atoms with Crippen LogP contribution >= 0.6 is 11.3 Å². The number of amides is 1. The molecule has 0 spiro atoms. The molecular formula is C21H26F3N5O5S. The van der Waals surface area contributed by atoms with Crippen molar-refractivity contribution < 1.29 is 27.9 Å². The molecule has 1 fully saturated rings. The van der Waals surface area contributed by atoms with E-state index in [4.69, 9.17) is 16.0 Å². The molecule has 10 nitrogen and oxygen atoms in total. The van der Waals surface area contributed by atoms with Gasteiger partial charge in [0.2, 0.25) is 0 Å². The van der Waals surface area contributed by atoms with Crippen LogP contribution in [-0.2, 0) is 24.9 Å². The van der Waals surface area contributed by atoms with Crippen molar-refractivity contribution in [2.45, 2.75) is 46.0 Å². The molecule has 0 aromatic carbocycles. The van der Waals surface area contributed by atoms with Gasteiger partial charge in [0, 0.05) is 36.2 Å². The first-order chi connectivity index (χ1) is 16.1. The number of thiophene rings is 1. The molecule has 192 valence electrons. The van der Waals surface area contributed by atoms with Crippen LogP contribution in [0.5, 0.6) is 0 Å². The number of carbonyl (C=O) groups is 1.